The largest absolute Gasteiger partial charge is 0.598 e. The second-order valence-electron chi connectivity index (χ2n) is 9.97. The number of aromatic nitrogens is 2. The van der Waals surface area contributed by atoms with E-state index < -0.39 is 24.2 Å². The van der Waals surface area contributed by atoms with Crippen LogP contribution in [0.3, 0.4) is 0 Å². The Balaban J connectivity index is 2.36. The Morgan fingerprint density at radius 3 is 2.58 bits per heavy atom. The lowest BCUT2D eigenvalue weighted by Crippen LogP contribution is -2.41. The second kappa shape index (κ2) is 10.8. The van der Waals surface area contributed by atoms with E-state index in [9.17, 15) is 4.55 Å². The van der Waals surface area contributed by atoms with Crippen LogP contribution in [0.25, 0.3) is 11.3 Å². The van der Waals surface area contributed by atoms with Gasteiger partial charge in [-0.2, -0.15) is 0 Å². The number of hydrogen-bond donors (Lipinski definition) is 2. The number of nitrogens with zero attached hydrogens (tertiary/aromatic N) is 2. The molecule has 8 heteroatoms. The van der Waals surface area contributed by atoms with Crippen LogP contribution in [0.2, 0.25) is 25.7 Å². The van der Waals surface area contributed by atoms with Gasteiger partial charge in [-0.3, -0.25) is 0 Å². The zero-order chi connectivity index (χ0) is 23.2. The van der Waals surface area contributed by atoms with Crippen molar-refractivity contribution in [2.75, 3.05) is 12.3 Å². The third-order valence-electron chi connectivity index (χ3n) is 4.79. The Labute approximate surface area is 191 Å². The van der Waals surface area contributed by atoms with Gasteiger partial charge in [-0.1, -0.05) is 43.9 Å². The van der Waals surface area contributed by atoms with Crippen LogP contribution in [-0.2, 0) is 22.8 Å². The van der Waals surface area contributed by atoms with Gasteiger partial charge in [0.05, 0.1) is 5.69 Å². The molecule has 0 bridgehead atoms. The maximum atomic E-state index is 12.8. The van der Waals surface area contributed by atoms with Crippen LogP contribution in [0.4, 0.5) is 5.69 Å². The lowest BCUT2D eigenvalue weighted by molar-refractivity contribution is 0.0841. The average Bonchev–Trinajstić information content (AvgIpc) is 3.07. The third kappa shape index (κ3) is 7.80. The third-order valence-corrected chi connectivity index (χ3v) is 8.11. The minimum Gasteiger partial charge on any atom is -0.598 e. The van der Waals surface area contributed by atoms with Crippen LogP contribution in [0.1, 0.15) is 39.1 Å². The molecule has 31 heavy (non-hydrogen) atoms. The molecule has 0 fully saturated rings. The molecule has 172 valence electrons. The molecule has 2 aromatic rings. The SMILES string of the molecule is C=CC[C@H](N[S@@+]([O-])C(C)(C)C)c1nc(-c2ccccc2N)cn1COCC[Si](C)(C)C. The summed E-state index contributed by atoms with van der Waals surface area (Å²) in [5.41, 5.74) is 8.52. The molecule has 6 nitrogen and oxygen atoms in total. The molecular weight excluding hydrogens is 424 g/mol. The molecule has 1 aromatic heterocycles. The van der Waals surface area contributed by atoms with Gasteiger partial charge in [0.1, 0.15) is 23.3 Å². The highest BCUT2D eigenvalue weighted by molar-refractivity contribution is 7.90. The van der Waals surface area contributed by atoms with Gasteiger partial charge in [0.2, 0.25) is 0 Å². The summed E-state index contributed by atoms with van der Waals surface area (Å²) < 4.78 is 23.7. The highest BCUT2D eigenvalue weighted by atomic mass is 32.2. The molecule has 0 radical (unpaired) electrons. The fraction of sp³-hybridized carbons (Fsp3) is 0.522. The molecule has 3 N–H and O–H groups in total. The zero-order valence-corrected chi connectivity index (χ0v) is 21.6. The summed E-state index contributed by atoms with van der Waals surface area (Å²) in [7, 11) is -1.17. The number of hydrogen-bond acceptors (Lipinski definition) is 5. The van der Waals surface area contributed by atoms with Crippen molar-refractivity contribution in [2.24, 2.45) is 0 Å². The van der Waals surface area contributed by atoms with Crippen LogP contribution >= 0.6 is 0 Å². The molecule has 0 spiro atoms. The van der Waals surface area contributed by atoms with Crippen molar-refractivity contribution in [3.63, 3.8) is 0 Å². The van der Waals surface area contributed by atoms with Gasteiger partial charge >= 0.3 is 0 Å². The Morgan fingerprint density at radius 2 is 2.00 bits per heavy atom. The number of benzene rings is 1. The molecule has 2 rings (SSSR count). The van der Waals surface area contributed by atoms with E-state index >= 15 is 0 Å². The summed E-state index contributed by atoms with van der Waals surface area (Å²) >= 11 is -1.25. The summed E-state index contributed by atoms with van der Waals surface area (Å²) in [6, 6.07) is 8.52. The molecule has 0 aliphatic heterocycles. The summed E-state index contributed by atoms with van der Waals surface area (Å²) in [5, 5.41) is 0. The molecule has 1 heterocycles. The fourth-order valence-electron chi connectivity index (χ4n) is 2.89. The first-order valence-electron chi connectivity index (χ1n) is 10.7. The number of nitrogens with two attached hydrogens (primary N) is 1. The first-order chi connectivity index (χ1) is 14.4. The van der Waals surface area contributed by atoms with E-state index in [4.69, 9.17) is 15.5 Å². The molecular formula is C23H38N4O2SSi. The predicted octanol–water partition coefficient (Wildman–Crippen LogP) is 5.11. The molecule has 1 aromatic carbocycles. The normalized spacial score (nSPS) is 14.4. The van der Waals surface area contributed by atoms with E-state index in [-0.39, 0.29) is 6.04 Å². The lowest BCUT2D eigenvalue weighted by Gasteiger charge is -2.27. The van der Waals surface area contributed by atoms with Crippen LogP contribution in [0, 0.1) is 0 Å². The molecule has 0 saturated carbocycles. The quantitative estimate of drug-likeness (QED) is 0.159. The van der Waals surface area contributed by atoms with Crippen LogP contribution in [0.15, 0.2) is 43.1 Å². The minimum absolute atomic E-state index is 0.253. The van der Waals surface area contributed by atoms with Gasteiger partial charge in [-0.05, 0) is 39.3 Å². The average molecular weight is 463 g/mol. The predicted molar refractivity (Wildman–Crippen MR) is 135 cm³/mol. The van der Waals surface area contributed by atoms with E-state index in [1.165, 1.54) is 0 Å². The van der Waals surface area contributed by atoms with Crippen LogP contribution < -0.4 is 10.5 Å². The van der Waals surface area contributed by atoms with Gasteiger partial charge < -0.3 is 19.6 Å². The monoisotopic (exact) mass is 462 g/mol. The van der Waals surface area contributed by atoms with Crippen molar-refractivity contribution >= 4 is 25.1 Å². The molecule has 0 aliphatic carbocycles. The number of nitrogens with one attached hydrogen (secondary N) is 1. The standard InChI is InChI=1S/C23H38N4O2SSi/c1-8-11-20(26-30(28)23(2,3)4)22-25-21(18-12-9-10-13-19(18)24)16-27(22)17-29-14-15-31(5,6)7/h8-10,12-13,16,20,26H,1,11,14-15,17,24H2,2-7H3/t20-,30-/m0/s1. The van der Waals surface area contributed by atoms with Crippen molar-refractivity contribution < 1.29 is 9.29 Å². The molecule has 0 unspecified atom stereocenters. The molecule has 2 atom stereocenters. The van der Waals surface area contributed by atoms with Gasteiger partial charge in [-0.25, -0.2) is 4.98 Å². The summed E-state index contributed by atoms with van der Waals surface area (Å²) in [4.78, 5) is 4.89. The van der Waals surface area contributed by atoms with Gasteiger partial charge in [0.15, 0.2) is 0 Å². The van der Waals surface area contributed by atoms with E-state index in [1.54, 1.807) is 0 Å². The van der Waals surface area contributed by atoms with Crippen molar-refractivity contribution in [3.8, 4) is 11.3 Å². The number of anilines is 1. The summed E-state index contributed by atoms with van der Waals surface area (Å²) in [5.74, 6) is 0.767. The Bertz CT molecular complexity index is 858. The van der Waals surface area contributed by atoms with Gasteiger partial charge in [0.25, 0.3) is 0 Å². The van der Waals surface area contributed by atoms with Crippen molar-refractivity contribution in [3.05, 3.63) is 48.9 Å². The molecule has 0 amide bonds. The fourth-order valence-corrected chi connectivity index (χ4v) is 4.46. The number of para-hydroxylation sites is 1. The number of ether oxygens (including phenoxy) is 1. The second-order valence-corrected chi connectivity index (χ2v) is 17.6. The van der Waals surface area contributed by atoms with E-state index in [2.05, 4.69) is 30.9 Å². The zero-order valence-electron chi connectivity index (χ0n) is 19.8. The minimum atomic E-state index is -1.25. The van der Waals surface area contributed by atoms with Crippen LogP contribution in [-0.4, -0.2) is 33.5 Å². The topological polar surface area (TPSA) is 88.2 Å². The smallest absolute Gasteiger partial charge is 0.136 e. The highest BCUT2D eigenvalue weighted by Gasteiger charge is 2.31. The van der Waals surface area contributed by atoms with Gasteiger partial charge in [0, 0.05) is 43.5 Å². The summed E-state index contributed by atoms with van der Waals surface area (Å²) in [6.45, 7) is 17.8. The van der Waals surface area contributed by atoms with E-state index in [0.717, 1.165) is 23.1 Å². The van der Waals surface area contributed by atoms with E-state index in [1.807, 2.05) is 61.9 Å². The maximum Gasteiger partial charge on any atom is 0.136 e. The summed E-state index contributed by atoms with van der Waals surface area (Å²) in [6.07, 6.45) is 4.38. The first-order valence-corrected chi connectivity index (χ1v) is 15.6. The molecule has 0 aliphatic rings. The lowest BCUT2D eigenvalue weighted by atomic mass is 10.1. The maximum absolute atomic E-state index is 12.8. The Morgan fingerprint density at radius 1 is 1.32 bits per heavy atom. The van der Waals surface area contributed by atoms with Crippen molar-refractivity contribution in [1.29, 1.82) is 0 Å². The molecule has 0 saturated heterocycles. The van der Waals surface area contributed by atoms with Gasteiger partial charge in [-0.15, -0.1) is 11.3 Å². The van der Waals surface area contributed by atoms with E-state index in [0.29, 0.717) is 25.4 Å². The van der Waals surface area contributed by atoms with Crippen molar-refractivity contribution in [1.82, 2.24) is 14.3 Å². The number of rotatable bonds is 11. The highest BCUT2D eigenvalue weighted by Crippen LogP contribution is 2.29. The number of imidazole rings is 1. The Hall–Kier alpha value is -1.58. The number of nitrogen functional groups attached to an aromatic ring is 1. The first kappa shape index (κ1) is 25.7. The van der Waals surface area contributed by atoms with Crippen LogP contribution in [0.5, 0.6) is 0 Å². The van der Waals surface area contributed by atoms with Crippen molar-refractivity contribution in [2.45, 2.75) is 70.4 Å². The Kier molecular flexibility index (Phi) is 8.97.